The molecule has 0 bridgehead atoms. The molecule has 240 valence electrons. The first-order chi connectivity index (χ1) is 21.5. The van der Waals surface area contributed by atoms with Gasteiger partial charge in [0.05, 0.1) is 23.7 Å². The van der Waals surface area contributed by atoms with Gasteiger partial charge in [-0.05, 0) is 55.9 Å². The first-order valence-corrected chi connectivity index (χ1v) is 15.4. The van der Waals surface area contributed by atoms with E-state index in [1.165, 1.54) is 0 Å². The van der Waals surface area contributed by atoms with Crippen LogP contribution in [0.2, 0.25) is 0 Å². The van der Waals surface area contributed by atoms with E-state index in [0.29, 0.717) is 18.6 Å². The Morgan fingerprint density at radius 2 is 1.73 bits per heavy atom. The summed E-state index contributed by atoms with van der Waals surface area (Å²) < 4.78 is 7.89. The molecule has 2 aromatic carbocycles. The summed E-state index contributed by atoms with van der Waals surface area (Å²) in [7, 11) is 1.87. The average Bonchev–Trinajstić information content (AvgIpc) is 3.24. The third kappa shape index (κ3) is 9.17. The predicted octanol–water partition coefficient (Wildman–Crippen LogP) is 2.54. The second-order valence-corrected chi connectivity index (χ2v) is 12.0. The highest BCUT2D eigenvalue weighted by atomic mass is 16.5. The minimum atomic E-state index is -1.20. The van der Waals surface area contributed by atoms with E-state index >= 15 is 0 Å². The van der Waals surface area contributed by atoms with Crippen LogP contribution in [0.5, 0.6) is 5.75 Å². The van der Waals surface area contributed by atoms with Gasteiger partial charge >= 0.3 is 0 Å². The van der Waals surface area contributed by atoms with Gasteiger partial charge in [0.25, 0.3) is 5.91 Å². The SMILES string of the molecule is Cc1nn(C)c(C)c1CCNC(=O)[C@@H]1CC(=O)N[C@H](Cc2ccccc2)C(=O)N[C@H](CC(C)C)COc2ccccc2C(=O)N1. The highest BCUT2D eigenvalue weighted by molar-refractivity contribution is 6.01. The van der Waals surface area contributed by atoms with E-state index in [-0.39, 0.29) is 49.4 Å². The summed E-state index contributed by atoms with van der Waals surface area (Å²) in [6.07, 6.45) is 1.06. The molecule has 11 nitrogen and oxygen atoms in total. The number of amides is 4. The quantitative estimate of drug-likeness (QED) is 0.306. The number of carbonyl (C=O) groups excluding carboxylic acids is 4. The van der Waals surface area contributed by atoms with Crippen molar-refractivity contribution in [1.29, 1.82) is 0 Å². The fraction of sp³-hybridized carbons (Fsp3) is 0.441. The number of hydrogen-bond donors (Lipinski definition) is 4. The second-order valence-electron chi connectivity index (χ2n) is 12.0. The maximum absolute atomic E-state index is 13.6. The average molecular weight is 617 g/mol. The molecule has 4 amide bonds. The molecule has 3 aromatic rings. The first kappa shape index (κ1) is 33.2. The van der Waals surface area contributed by atoms with Crippen LogP contribution in [0.25, 0.3) is 0 Å². The van der Waals surface area contributed by atoms with Crippen molar-refractivity contribution < 1.29 is 23.9 Å². The summed E-state index contributed by atoms with van der Waals surface area (Å²) >= 11 is 0. The van der Waals surface area contributed by atoms with Crippen molar-refractivity contribution >= 4 is 23.6 Å². The summed E-state index contributed by atoms with van der Waals surface area (Å²) in [5.41, 5.74) is 4.01. The van der Waals surface area contributed by atoms with Crippen LogP contribution in [-0.4, -0.2) is 64.7 Å². The lowest BCUT2D eigenvalue weighted by atomic mass is 10.0. The molecule has 2 heterocycles. The molecule has 0 aliphatic carbocycles. The number of nitrogens with zero attached hydrogens (tertiary/aromatic N) is 2. The Morgan fingerprint density at radius 3 is 2.42 bits per heavy atom. The largest absolute Gasteiger partial charge is 0.491 e. The van der Waals surface area contributed by atoms with E-state index in [1.54, 1.807) is 28.9 Å². The van der Waals surface area contributed by atoms with Crippen LogP contribution in [-0.2, 0) is 34.3 Å². The van der Waals surface area contributed by atoms with Gasteiger partial charge in [-0.3, -0.25) is 23.9 Å². The molecule has 1 aliphatic rings. The van der Waals surface area contributed by atoms with Gasteiger partial charge in [-0.2, -0.15) is 5.10 Å². The lowest BCUT2D eigenvalue weighted by Crippen LogP contribution is -2.54. The number of benzene rings is 2. The van der Waals surface area contributed by atoms with Gasteiger partial charge in [0.15, 0.2) is 0 Å². The van der Waals surface area contributed by atoms with Crippen molar-refractivity contribution in [2.75, 3.05) is 13.2 Å². The number of para-hydroxylation sites is 1. The van der Waals surface area contributed by atoms with Crippen LogP contribution in [0.4, 0.5) is 0 Å². The molecular weight excluding hydrogens is 572 g/mol. The van der Waals surface area contributed by atoms with Gasteiger partial charge in [0, 0.05) is 25.7 Å². The monoisotopic (exact) mass is 616 g/mol. The van der Waals surface area contributed by atoms with E-state index in [4.69, 9.17) is 4.74 Å². The Morgan fingerprint density at radius 1 is 1.02 bits per heavy atom. The van der Waals surface area contributed by atoms with Gasteiger partial charge in [0.2, 0.25) is 17.7 Å². The van der Waals surface area contributed by atoms with Gasteiger partial charge in [-0.25, -0.2) is 0 Å². The number of rotatable bonds is 8. The highest BCUT2D eigenvalue weighted by Gasteiger charge is 2.30. The topological polar surface area (TPSA) is 143 Å². The fourth-order valence-electron chi connectivity index (χ4n) is 5.57. The Hall–Kier alpha value is -4.67. The summed E-state index contributed by atoms with van der Waals surface area (Å²) in [5, 5.41) is 15.9. The standard InChI is InChI=1S/C34H44N6O5/c1-21(2)17-25-20-45-30-14-10-9-13-27(30)32(42)38-29(33(43)35-16-15-26-22(3)39-40(5)23(26)4)19-31(41)37-28(34(44)36-25)18-24-11-7-6-8-12-24/h6-14,21,25,28-29H,15-20H2,1-5H3,(H,35,43)(H,36,44)(H,37,41)(H,38,42)/t25-,28-,29+/m1/s1. The van der Waals surface area contributed by atoms with Crippen LogP contribution in [0.3, 0.4) is 0 Å². The number of aromatic nitrogens is 2. The Kier molecular flexibility index (Phi) is 11.3. The zero-order chi connectivity index (χ0) is 32.5. The molecule has 0 unspecified atom stereocenters. The Labute approximate surface area is 264 Å². The normalized spacial score (nSPS) is 19.4. The minimum absolute atomic E-state index is 0.122. The van der Waals surface area contributed by atoms with E-state index in [0.717, 1.165) is 22.5 Å². The maximum atomic E-state index is 13.6. The molecule has 4 rings (SSSR count). The van der Waals surface area contributed by atoms with Gasteiger partial charge < -0.3 is 26.0 Å². The molecule has 3 atom stereocenters. The van der Waals surface area contributed by atoms with Crippen molar-refractivity contribution in [3.8, 4) is 5.75 Å². The number of carbonyl (C=O) groups is 4. The van der Waals surface area contributed by atoms with Crippen LogP contribution in [0.1, 0.15) is 59.6 Å². The molecule has 0 radical (unpaired) electrons. The Balaban J connectivity index is 1.60. The van der Waals surface area contributed by atoms with Crippen molar-refractivity contribution in [3.63, 3.8) is 0 Å². The molecule has 11 heteroatoms. The van der Waals surface area contributed by atoms with Crippen LogP contribution >= 0.6 is 0 Å². The summed E-state index contributed by atoms with van der Waals surface area (Å²) in [5.74, 6) is -1.36. The predicted molar refractivity (Wildman–Crippen MR) is 171 cm³/mol. The van der Waals surface area contributed by atoms with Gasteiger partial charge in [0.1, 0.15) is 24.4 Å². The van der Waals surface area contributed by atoms with Crippen molar-refractivity contribution in [1.82, 2.24) is 31.0 Å². The number of fused-ring (bicyclic) bond motifs is 1. The zero-order valence-corrected chi connectivity index (χ0v) is 26.7. The van der Waals surface area contributed by atoms with E-state index in [2.05, 4.69) is 26.4 Å². The van der Waals surface area contributed by atoms with Crippen LogP contribution in [0, 0.1) is 19.8 Å². The smallest absolute Gasteiger partial charge is 0.255 e. The molecule has 0 saturated heterocycles. The van der Waals surface area contributed by atoms with Crippen molar-refractivity contribution in [3.05, 3.63) is 82.7 Å². The molecule has 0 fully saturated rings. The Bertz CT molecular complexity index is 1500. The molecule has 1 aromatic heterocycles. The molecule has 1 aliphatic heterocycles. The van der Waals surface area contributed by atoms with Gasteiger partial charge in [-0.15, -0.1) is 0 Å². The van der Waals surface area contributed by atoms with E-state index < -0.39 is 29.8 Å². The lowest BCUT2D eigenvalue weighted by Gasteiger charge is -2.27. The van der Waals surface area contributed by atoms with Crippen molar-refractivity contribution in [2.24, 2.45) is 13.0 Å². The van der Waals surface area contributed by atoms with Crippen LogP contribution < -0.4 is 26.0 Å². The summed E-state index contributed by atoms with van der Waals surface area (Å²) in [6, 6.07) is 13.7. The second kappa shape index (κ2) is 15.4. The number of hydrogen-bond acceptors (Lipinski definition) is 6. The van der Waals surface area contributed by atoms with Crippen molar-refractivity contribution in [2.45, 2.75) is 71.5 Å². The van der Waals surface area contributed by atoms with E-state index in [1.807, 2.05) is 65.1 Å². The molecular formula is C34H44N6O5. The zero-order valence-electron chi connectivity index (χ0n) is 26.7. The molecule has 45 heavy (non-hydrogen) atoms. The minimum Gasteiger partial charge on any atom is -0.491 e. The molecule has 0 saturated carbocycles. The highest BCUT2D eigenvalue weighted by Crippen LogP contribution is 2.20. The maximum Gasteiger partial charge on any atom is 0.255 e. The fourth-order valence-corrected chi connectivity index (χ4v) is 5.57. The molecule has 4 N–H and O–H groups in total. The lowest BCUT2D eigenvalue weighted by molar-refractivity contribution is -0.131. The third-order valence-electron chi connectivity index (χ3n) is 7.95. The summed E-state index contributed by atoms with van der Waals surface area (Å²) in [4.78, 5) is 54.1. The number of aryl methyl sites for hydroxylation is 2. The third-order valence-corrected chi connectivity index (χ3v) is 7.95. The summed E-state index contributed by atoms with van der Waals surface area (Å²) in [6.45, 7) is 8.39. The van der Waals surface area contributed by atoms with Gasteiger partial charge in [-0.1, -0.05) is 56.3 Å². The van der Waals surface area contributed by atoms with Crippen LogP contribution in [0.15, 0.2) is 54.6 Å². The number of nitrogens with one attached hydrogen (secondary N) is 4. The molecule has 0 spiro atoms. The van der Waals surface area contributed by atoms with E-state index in [9.17, 15) is 19.2 Å². The number of ether oxygens (including phenoxy) is 1. The first-order valence-electron chi connectivity index (χ1n) is 15.4.